The van der Waals surface area contributed by atoms with Gasteiger partial charge >= 0.3 is 0 Å². The Labute approximate surface area is 150 Å². The standard InChI is InChI=1S/C20H15ClFNO2/c21-18-12-15(22)10-11-19(18)23-20(24)17-9-5-4-6-14(17)13-25-16-7-2-1-3-8-16/h1-12H,13H2,(H,23,24). The number of halogens is 2. The molecule has 3 aromatic carbocycles. The van der Waals surface area contributed by atoms with E-state index < -0.39 is 5.82 Å². The van der Waals surface area contributed by atoms with Gasteiger partial charge < -0.3 is 10.1 Å². The van der Waals surface area contributed by atoms with Gasteiger partial charge in [-0.15, -0.1) is 0 Å². The van der Waals surface area contributed by atoms with Crippen molar-refractivity contribution in [1.29, 1.82) is 0 Å². The first-order valence-electron chi connectivity index (χ1n) is 7.65. The molecule has 0 saturated carbocycles. The Morgan fingerprint density at radius 3 is 2.48 bits per heavy atom. The normalized spacial score (nSPS) is 10.3. The van der Waals surface area contributed by atoms with Crippen molar-refractivity contribution >= 4 is 23.2 Å². The second kappa shape index (κ2) is 7.81. The molecule has 0 saturated heterocycles. The monoisotopic (exact) mass is 355 g/mol. The van der Waals surface area contributed by atoms with Crippen molar-refractivity contribution in [3.05, 3.63) is 94.8 Å². The van der Waals surface area contributed by atoms with Gasteiger partial charge in [0.05, 0.1) is 10.7 Å². The number of hydrogen-bond donors (Lipinski definition) is 1. The molecule has 0 fully saturated rings. The number of rotatable bonds is 5. The van der Waals surface area contributed by atoms with E-state index in [4.69, 9.17) is 16.3 Å². The summed E-state index contributed by atoms with van der Waals surface area (Å²) >= 11 is 5.96. The van der Waals surface area contributed by atoms with E-state index in [0.29, 0.717) is 11.3 Å². The van der Waals surface area contributed by atoms with Crippen LogP contribution in [0.15, 0.2) is 72.8 Å². The Morgan fingerprint density at radius 1 is 1.00 bits per heavy atom. The Kier molecular flexibility index (Phi) is 5.31. The van der Waals surface area contributed by atoms with Crippen LogP contribution < -0.4 is 10.1 Å². The van der Waals surface area contributed by atoms with Gasteiger partial charge in [-0.3, -0.25) is 4.79 Å². The van der Waals surface area contributed by atoms with Crippen molar-refractivity contribution in [3.63, 3.8) is 0 Å². The maximum Gasteiger partial charge on any atom is 0.256 e. The molecule has 3 nitrogen and oxygen atoms in total. The van der Waals surface area contributed by atoms with Crippen LogP contribution in [0.5, 0.6) is 5.75 Å². The van der Waals surface area contributed by atoms with E-state index >= 15 is 0 Å². The maximum absolute atomic E-state index is 13.1. The Morgan fingerprint density at radius 2 is 1.72 bits per heavy atom. The molecule has 3 aromatic rings. The van der Waals surface area contributed by atoms with Crippen molar-refractivity contribution in [3.8, 4) is 5.75 Å². The SMILES string of the molecule is O=C(Nc1ccc(F)cc1Cl)c1ccccc1COc1ccccc1. The second-order valence-electron chi connectivity index (χ2n) is 5.34. The van der Waals surface area contributed by atoms with Gasteiger partial charge in [0, 0.05) is 11.1 Å². The smallest absolute Gasteiger partial charge is 0.256 e. The van der Waals surface area contributed by atoms with Crippen LogP contribution >= 0.6 is 11.6 Å². The zero-order valence-electron chi connectivity index (χ0n) is 13.2. The van der Waals surface area contributed by atoms with Crippen LogP contribution in [0.4, 0.5) is 10.1 Å². The maximum atomic E-state index is 13.1. The van der Waals surface area contributed by atoms with E-state index in [1.54, 1.807) is 12.1 Å². The van der Waals surface area contributed by atoms with Crippen molar-refractivity contribution in [2.24, 2.45) is 0 Å². The molecule has 0 atom stereocenters. The molecule has 0 aliphatic rings. The van der Waals surface area contributed by atoms with Crippen molar-refractivity contribution < 1.29 is 13.9 Å². The number of nitrogens with one attached hydrogen (secondary N) is 1. The van der Waals surface area contributed by atoms with Gasteiger partial charge in [0.25, 0.3) is 5.91 Å². The number of benzene rings is 3. The van der Waals surface area contributed by atoms with E-state index in [1.807, 2.05) is 42.5 Å². The summed E-state index contributed by atoms with van der Waals surface area (Å²) in [4.78, 5) is 12.6. The van der Waals surface area contributed by atoms with Crippen molar-refractivity contribution in [2.45, 2.75) is 6.61 Å². The van der Waals surface area contributed by atoms with E-state index in [2.05, 4.69) is 5.32 Å². The Balaban J connectivity index is 1.76. The lowest BCUT2D eigenvalue weighted by Crippen LogP contribution is -2.15. The molecule has 0 spiro atoms. The molecule has 1 N–H and O–H groups in total. The first kappa shape index (κ1) is 17.0. The number of ether oxygens (including phenoxy) is 1. The van der Waals surface area contributed by atoms with Gasteiger partial charge in [-0.25, -0.2) is 4.39 Å². The van der Waals surface area contributed by atoms with E-state index in [9.17, 15) is 9.18 Å². The predicted octanol–water partition coefficient (Wildman–Crippen LogP) is 5.31. The average molecular weight is 356 g/mol. The third-order valence-electron chi connectivity index (χ3n) is 3.58. The van der Waals surface area contributed by atoms with Crippen molar-refractivity contribution in [1.82, 2.24) is 0 Å². The van der Waals surface area contributed by atoms with Crippen molar-refractivity contribution in [2.75, 3.05) is 5.32 Å². The summed E-state index contributed by atoms with van der Waals surface area (Å²) in [5.74, 6) is -0.0697. The van der Waals surface area contributed by atoms with Gasteiger partial charge in [-0.2, -0.15) is 0 Å². The zero-order valence-corrected chi connectivity index (χ0v) is 14.0. The first-order chi connectivity index (χ1) is 12.1. The molecule has 0 aliphatic carbocycles. The average Bonchev–Trinajstić information content (AvgIpc) is 2.63. The summed E-state index contributed by atoms with van der Waals surface area (Å²) in [6, 6.07) is 20.3. The van der Waals surface area contributed by atoms with Gasteiger partial charge in [0.2, 0.25) is 0 Å². The highest BCUT2D eigenvalue weighted by Crippen LogP contribution is 2.24. The van der Waals surface area contributed by atoms with Gasteiger partial charge in [-0.1, -0.05) is 48.0 Å². The van der Waals surface area contributed by atoms with E-state index in [1.165, 1.54) is 12.1 Å². The lowest BCUT2D eigenvalue weighted by Gasteiger charge is -2.12. The summed E-state index contributed by atoms with van der Waals surface area (Å²) in [7, 11) is 0. The molecule has 126 valence electrons. The fourth-order valence-corrected chi connectivity index (χ4v) is 2.54. The summed E-state index contributed by atoms with van der Waals surface area (Å²) in [5, 5.41) is 2.84. The molecule has 5 heteroatoms. The quantitative estimate of drug-likeness (QED) is 0.673. The Hall–Kier alpha value is -2.85. The largest absolute Gasteiger partial charge is 0.489 e. The summed E-state index contributed by atoms with van der Waals surface area (Å²) in [6.45, 7) is 0.255. The minimum absolute atomic E-state index is 0.145. The number of amides is 1. The van der Waals surface area contributed by atoms with Crippen LogP contribution in [0.25, 0.3) is 0 Å². The highest BCUT2D eigenvalue weighted by Gasteiger charge is 2.13. The summed E-state index contributed by atoms with van der Waals surface area (Å²) in [6.07, 6.45) is 0. The third-order valence-corrected chi connectivity index (χ3v) is 3.89. The van der Waals surface area contributed by atoms with Crippen LogP contribution in [-0.2, 0) is 6.61 Å². The van der Waals surface area contributed by atoms with Crippen LogP contribution in [0.2, 0.25) is 5.02 Å². The molecule has 0 aliphatic heterocycles. The molecule has 3 rings (SSSR count). The number of carbonyl (C=O) groups is 1. The van der Waals surface area contributed by atoms with Gasteiger partial charge in [0.15, 0.2) is 0 Å². The second-order valence-corrected chi connectivity index (χ2v) is 5.74. The fourth-order valence-electron chi connectivity index (χ4n) is 2.33. The van der Waals surface area contributed by atoms with Gasteiger partial charge in [0.1, 0.15) is 18.2 Å². The highest BCUT2D eigenvalue weighted by molar-refractivity contribution is 6.33. The molecular weight excluding hydrogens is 341 g/mol. The zero-order chi connectivity index (χ0) is 17.6. The molecule has 0 bridgehead atoms. The molecular formula is C20H15ClFNO2. The molecule has 0 heterocycles. The van der Waals surface area contributed by atoms with Gasteiger partial charge in [-0.05, 0) is 36.4 Å². The minimum atomic E-state index is -0.459. The van der Waals surface area contributed by atoms with Crippen LogP contribution in [0.1, 0.15) is 15.9 Å². The fraction of sp³-hybridized carbons (Fsp3) is 0.0500. The summed E-state index contributed by atoms with van der Waals surface area (Å²) < 4.78 is 18.8. The third kappa shape index (κ3) is 4.37. The number of anilines is 1. The van der Waals surface area contributed by atoms with Crippen LogP contribution in [-0.4, -0.2) is 5.91 Å². The summed E-state index contributed by atoms with van der Waals surface area (Å²) in [5.41, 5.74) is 1.56. The highest BCUT2D eigenvalue weighted by atomic mass is 35.5. The molecule has 25 heavy (non-hydrogen) atoms. The van der Waals surface area contributed by atoms with E-state index in [-0.39, 0.29) is 17.5 Å². The topological polar surface area (TPSA) is 38.3 Å². The number of para-hydroxylation sites is 1. The predicted molar refractivity (Wildman–Crippen MR) is 96.6 cm³/mol. The molecule has 0 unspecified atom stereocenters. The minimum Gasteiger partial charge on any atom is -0.489 e. The Bertz CT molecular complexity index is 884. The molecule has 0 radical (unpaired) electrons. The number of carbonyl (C=O) groups excluding carboxylic acids is 1. The lowest BCUT2D eigenvalue weighted by atomic mass is 10.1. The first-order valence-corrected chi connectivity index (χ1v) is 8.03. The van der Waals surface area contributed by atoms with Crippen LogP contribution in [0.3, 0.4) is 0 Å². The molecule has 1 amide bonds. The van der Waals surface area contributed by atoms with Crippen LogP contribution in [0, 0.1) is 5.82 Å². The number of hydrogen-bond acceptors (Lipinski definition) is 2. The lowest BCUT2D eigenvalue weighted by molar-refractivity contribution is 0.102. The molecule has 0 aromatic heterocycles. The van der Waals surface area contributed by atoms with E-state index in [0.717, 1.165) is 17.4 Å².